The molecule has 0 saturated heterocycles. The van der Waals surface area contributed by atoms with Crippen molar-refractivity contribution in [1.29, 1.82) is 0 Å². The van der Waals surface area contributed by atoms with Crippen LogP contribution in [0.15, 0.2) is 23.2 Å². The lowest BCUT2D eigenvalue weighted by Crippen LogP contribution is -2.00. The molecular weight excluding hydrogens is 164 g/mol. The molecule has 1 heterocycles. The molecule has 2 nitrogen and oxygen atoms in total. The van der Waals surface area contributed by atoms with Crippen molar-refractivity contribution in [2.75, 3.05) is 6.79 Å². The van der Waals surface area contributed by atoms with Crippen LogP contribution in [0.1, 0.15) is 33.1 Å². The van der Waals surface area contributed by atoms with Gasteiger partial charge in [0.25, 0.3) is 0 Å². The number of hydrogen-bond acceptors (Lipinski definition) is 2. The van der Waals surface area contributed by atoms with Crippen LogP contribution in [-0.4, -0.2) is 6.79 Å². The minimum atomic E-state index is 0.424. The van der Waals surface area contributed by atoms with Crippen molar-refractivity contribution in [3.8, 4) is 0 Å². The molecule has 0 spiro atoms. The monoisotopic (exact) mass is 180 g/mol. The van der Waals surface area contributed by atoms with Gasteiger partial charge in [-0.2, -0.15) is 0 Å². The molecule has 0 atom stereocenters. The van der Waals surface area contributed by atoms with Crippen LogP contribution in [0.2, 0.25) is 0 Å². The summed E-state index contributed by atoms with van der Waals surface area (Å²) in [7, 11) is 0. The van der Waals surface area contributed by atoms with E-state index in [1.807, 2.05) is 0 Å². The zero-order valence-electron chi connectivity index (χ0n) is 8.30. The van der Waals surface area contributed by atoms with Gasteiger partial charge >= 0.3 is 0 Å². The van der Waals surface area contributed by atoms with E-state index in [1.54, 1.807) is 0 Å². The zero-order valence-corrected chi connectivity index (χ0v) is 8.30. The average Bonchev–Trinajstić information content (AvgIpc) is 2.49. The van der Waals surface area contributed by atoms with E-state index < -0.39 is 0 Å². The zero-order chi connectivity index (χ0) is 9.26. The summed E-state index contributed by atoms with van der Waals surface area (Å²) < 4.78 is 10.7. The van der Waals surface area contributed by atoms with E-state index in [2.05, 4.69) is 19.9 Å². The number of allylic oxidation sites excluding steroid dienone is 2. The van der Waals surface area contributed by atoms with Crippen molar-refractivity contribution in [2.24, 2.45) is 5.92 Å². The highest BCUT2D eigenvalue weighted by Crippen LogP contribution is 2.32. The van der Waals surface area contributed by atoms with Crippen molar-refractivity contribution in [1.82, 2.24) is 0 Å². The molecular formula is C11H16O2. The molecule has 0 aromatic heterocycles. The fourth-order valence-electron chi connectivity index (χ4n) is 1.85. The minimum absolute atomic E-state index is 0.424. The topological polar surface area (TPSA) is 18.5 Å². The van der Waals surface area contributed by atoms with E-state index in [1.165, 1.54) is 12.0 Å². The quantitative estimate of drug-likeness (QED) is 0.608. The Morgan fingerprint density at radius 2 is 2.08 bits per heavy atom. The SMILES string of the molecule is CC(C)CC1=CCC2=C(C1)OCO2. The molecule has 1 aliphatic carbocycles. The Morgan fingerprint density at radius 3 is 2.85 bits per heavy atom. The molecule has 0 unspecified atom stereocenters. The fourth-order valence-corrected chi connectivity index (χ4v) is 1.85. The molecule has 0 fully saturated rings. The first kappa shape index (κ1) is 8.67. The summed E-state index contributed by atoms with van der Waals surface area (Å²) in [5, 5.41) is 0. The van der Waals surface area contributed by atoms with Crippen molar-refractivity contribution in [2.45, 2.75) is 33.1 Å². The minimum Gasteiger partial charge on any atom is -0.458 e. The maximum Gasteiger partial charge on any atom is 0.230 e. The molecule has 1 aliphatic heterocycles. The molecule has 2 rings (SSSR count). The summed E-state index contributed by atoms with van der Waals surface area (Å²) in [6.07, 6.45) is 5.36. The molecule has 0 amide bonds. The summed E-state index contributed by atoms with van der Waals surface area (Å²) in [5.74, 6) is 2.85. The Morgan fingerprint density at radius 1 is 1.31 bits per heavy atom. The van der Waals surface area contributed by atoms with E-state index in [-0.39, 0.29) is 0 Å². The smallest absolute Gasteiger partial charge is 0.230 e. The van der Waals surface area contributed by atoms with Gasteiger partial charge in [0.1, 0.15) is 11.5 Å². The van der Waals surface area contributed by atoms with Crippen LogP contribution < -0.4 is 0 Å². The maximum absolute atomic E-state index is 5.39. The molecule has 0 bridgehead atoms. The summed E-state index contributed by atoms with van der Waals surface area (Å²) >= 11 is 0. The third-order valence-corrected chi connectivity index (χ3v) is 2.41. The van der Waals surface area contributed by atoms with Crippen LogP contribution in [0.4, 0.5) is 0 Å². The normalized spacial score (nSPS) is 21.0. The van der Waals surface area contributed by atoms with Crippen molar-refractivity contribution >= 4 is 0 Å². The largest absolute Gasteiger partial charge is 0.458 e. The number of ether oxygens (including phenoxy) is 2. The van der Waals surface area contributed by atoms with Gasteiger partial charge in [0.15, 0.2) is 0 Å². The molecule has 2 heteroatoms. The van der Waals surface area contributed by atoms with Crippen molar-refractivity contribution in [3.63, 3.8) is 0 Å². The van der Waals surface area contributed by atoms with Gasteiger partial charge in [-0.15, -0.1) is 0 Å². The van der Waals surface area contributed by atoms with Gasteiger partial charge in [0.2, 0.25) is 6.79 Å². The van der Waals surface area contributed by atoms with Crippen LogP contribution in [0.5, 0.6) is 0 Å². The van der Waals surface area contributed by atoms with Crippen LogP contribution in [0, 0.1) is 5.92 Å². The second-order valence-electron chi connectivity index (χ2n) is 4.09. The molecule has 13 heavy (non-hydrogen) atoms. The van der Waals surface area contributed by atoms with Gasteiger partial charge in [-0.05, 0) is 12.3 Å². The van der Waals surface area contributed by atoms with Gasteiger partial charge in [0.05, 0.1) is 0 Å². The number of hydrogen-bond donors (Lipinski definition) is 0. The van der Waals surface area contributed by atoms with Gasteiger partial charge < -0.3 is 9.47 Å². The van der Waals surface area contributed by atoms with E-state index in [9.17, 15) is 0 Å². The van der Waals surface area contributed by atoms with E-state index >= 15 is 0 Å². The highest BCUT2D eigenvalue weighted by Gasteiger charge is 2.21. The molecule has 0 aromatic carbocycles. The second-order valence-corrected chi connectivity index (χ2v) is 4.09. The van der Waals surface area contributed by atoms with Crippen molar-refractivity contribution < 1.29 is 9.47 Å². The predicted octanol–water partition coefficient (Wildman–Crippen LogP) is 2.97. The Hall–Kier alpha value is -0.920. The summed E-state index contributed by atoms with van der Waals surface area (Å²) in [5.41, 5.74) is 1.50. The molecule has 72 valence electrons. The Bertz CT molecular complexity index is 261. The van der Waals surface area contributed by atoms with Gasteiger partial charge in [-0.25, -0.2) is 0 Å². The Balaban J connectivity index is 1.97. The fraction of sp³-hybridized carbons (Fsp3) is 0.636. The lowest BCUT2D eigenvalue weighted by Gasteiger charge is -2.14. The van der Waals surface area contributed by atoms with Crippen molar-refractivity contribution in [3.05, 3.63) is 23.2 Å². The first-order chi connectivity index (χ1) is 6.25. The van der Waals surface area contributed by atoms with Crippen LogP contribution in [-0.2, 0) is 9.47 Å². The van der Waals surface area contributed by atoms with Crippen LogP contribution >= 0.6 is 0 Å². The molecule has 0 saturated carbocycles. The highest BCUT2D eigenvalue weighted by atomic mass is 16.7. The van der Waals surface area contributed by atoms with Crippen LogP contribution in [0.3, 0.4) is 0 Å². The summed E-state index contributed by atoms with van der Waals surface area (Å²) in [4.78, 5) is 0. The third kappa shape index (κ3) is 1.87. The Kier molecular flexibility index (Phi) is 2.30. The van der Waals surface area contributed by atoms with Gasteiger partial charge in [0, 0.05) is 12.8 Å². The summed E-state index contributed by atoms with van der Waals surface area (Å²) in [6.45, 7) is 4.92. The van der Waals surface area contributed by atoms with E-state index in [0.717, 1.165) is 30.3 Å². The first-order valence-electron chi connectivity index (χ1n) is 4.91. The lowest BCUT2D eigenvalue weighted by atomic mass is 9.95. The van der Waals surface area contributed by atoms with E-state index in [0.29, 0.717) is 6.79 Å². The number of rotatable bonds is 2. The summed E-state index contributed by atoms with van der Waals surface area (Å²) in [6, 6.07) is 0. The van der Waals surface area contributed by atoms with E-state index in [4.69, 9.17) is 9.47 Å². The molecule has 0 N–H and O–H groups in total. The highest BCUT2D eigenvalue weighted by molar-refractivity contribution is 5.24. The van der Waals surface area contributed by atoms with Gasteiger partial charge in [-0.1, -0.05) is 25.5 Å². The molecule has 0 radical (unpaired) electrons. The molecule has 2 aliphatic rings. The Labute approximate surface area is 79.2 Å². The molecule has 0 aromatic rings. The van der Waals surface area contributed by atoms with Crippen LogP contribution in [0.25, 0.3) is 0 Å². The lowest BCUT2D eigenvalue weighted by molar-refractivity contribution is 0.0697. The second kappa shape index (κ2) is 3.44. The predicted molar refractivity (Wildman–Crippen MR) is 50.8 cm³/mol. The standard InChI is InChI=1S/C11H16O2/c1-8(2)5-9-3-4-10-11(6-9)13-7-12-10/h3,8H,4-7H2,1-2H3. The first-order valence-corrected chi connectivity index (χ1v) is 4.91. The maximum atomic E-state index is 5.39. The van der Waals surface area contributed by atoms with Gasteiger partial charge in [-0.3, -0.25) is 0 Å². The third-order valence-electron chi connectivity index (χ3n) is 2.41. The average molecular weight is 180 g/mol.